The van der Waals surface area contributed by atoms with Crippen molar-refractivity contribution in [1.29, 1.82) is 0 Å². The third kappa shape index (κ3) is 4.33. The van der Waals surface area contributed by atoms with E-state index in [0.29, 0.717) is 10.6 Å². The normalized spacial score (nSPS) is 13.3. The maximum Gasteiger partial charge on any atom is 0.337 e. The molecule has 0 fully saturated rings. The number of rotatable bonds is 6. The zero-order valence-electron chi connectivity index (χ0n) is 12.2. The summed E-state index contributed by atoms with van der Waals surface area (Å²) in [4.78, 5) is 27.0. The number of carbonyl (C=O) groups excluding carboxylic acids is 1. The smallest absolute Gasteiger partial charge is 0.337 e. The van der Waals surface area contributed by atoms with E-state index in [1.54, 1.807) is 18.2 Å². The number of carbonyl (C=O) groups is 2. The summed E-state index contributed by atoms with van der Waals surface area (Å²) in [5.41, 5.74) is -1.57. The summed E-state index contributed by atoms with van der Waals surface area (Å²) in [5, 5.41) is 21.2. The van der Waals surface area contributed by atoms with Crippen LogP contribution < -0.4 is 5.32 Å². The lowest BCUT2D eigenvalue weighted by Crippen LogP contribution is -2.46. The highest BCUT2D eigenvalue weighted by Gasteiger charge is 2.30. The highest BCUT2D eigenvalue weighted by atomic mass is 32.1. The minimum atomic E-state index is -2.05. The van der Waals surface area contributed by atoms with Crippen LogP contribution in [0.2, 0.25) is 0 Å². The third-order valence-electron chi connectivity index (χ3n) is 3.13. The topological polar surface area (TPSA) is 99.5 Å². The fourth-order valence-corrected chi connectivity index (χ4v) is 2.57. The van der Waals surface area contributed by atoms with Crippen LogP contribution in [0.5, 0.6) is 0 Å². The number of carboxylic acid groups (broad SMARTS) is 1. The van der Waals surface area contributed by atoms with Gasteiger partial charge in [-0.3, -0.25) is 4.79 Å². The predicted octanol–water partition coefficient (Wildman–Crippen LogP) is 1.44. The molecule has 1 aromatic heterocycles. The first-order valence-corrected chi connectivity index (χ1v) is 7.53. The maximum atomic E-state index is 13.6. The number of aromatic nitrogens is 1. The Morgan fingerprint density at radius 2 is 2.09 bits per heavy atom. The molecule has 1 aromatic carbocycles. The molecule has 2 rings (SSSR count). The predicted molar refractivity (Wildman–Crippen MR) is 81.9 cm³/mol. The number of nitrogens with one attached hydrogen (secondary N) is 1. The van der Waals surface area contributed by atoms with Crippen molar-refractivity contribution < 1.29 is 24.2 Å². The van der Waals surface area contributed by atoms with Crippen molar-refractivity contribution in [2.45, 2.75) is 18.9 Å². The zero-order valence-corrected chi connectivity index (χ0v) is 13.1. The number of halogens is 1. The standard InChI is InChI=1S/C15H15FN2O4S/c1-15(22,14(20)21)8-18-13(19)11-7-17-12(23-11)6-9-4-2-3-5-10(9)16/h2-5,7,22H,6,8H2,1H3,(H,18,19)(H,20,21). The molecule has 1 unspecified atom stereocenters. The van der Waals surface area contributed by atoms with Gasteiger partial charge in [0.15, 0.2) is 5.60 Å². The Kier molecular flexibility index (Phi) is 5.07. The molecule has 1 heterocycles. The molecule has 0 spiro atoms. The molecule has 1 atom stereocenters. The molecule has 0 aliphatic heterocycles. The van der Waals surface area contributed by atoms with E-state index in [-0.39, 0.29) is 17.1 Å². The van der Waals surface area contributed by atoms with Crippen LogP contribution in [-0.2, 0) is 11.2 Å². The van der Waals surface area contributed by atoms with Crippen LogP contribution in [0.1, 0.15) is 27.2 Å². The highest BCUT2D eigenvalue weighted by molar-refractivity contribution is 7.13. The molecule has 23 heavy (non-hydrogen) atoms. The number of amides is 1. The van der Waals surface area contributed by atoms with Crippen LogP contribution in [0, 0.1) is 5.82 Å². The minimum absolute atomic E-state index is 0.261. The monoisotopic (exact) mass is 338 g/mol. The van der Waals surface area contributed by atoms with E-state index in [0.717, 1.165) is 18.3 Å². The lowest BCUT2D eigenvalue weighted by molar-refractivity contribution is -0.155. The van der Waals surface area contributed by atoms with Gasteiger partial charge in [-0.2, -0.15) is 0 Å². The summed E-state index contributed by atoms with van der Waals surface area (Å²) in [6, 6.07) is 6.30. The van der Waals surface area contributed by atoms with Crippen molar-refractivity contribution in [3.63, 3.8) is 0 Å². The van der Waals surface area contributed by atoms with E-state index >= 15 is 0 Å². The van der Waals surface area contributed by atoms with Gasteiger partial charge < -0.3 is 15.5 Å². The number of hydrogen-bond donors (Lipinski definition) is 3. The number of aliphatic hydroxyl groups is 1. The number of nitrogens with zero attached hydrogens (tertiary/aromatic N) is 1. The molecule has 2 aromatic rings. The average Bonchev–Trinajstić information content (AvgIpc) is 2.96. The van der Waals surface area contributed by atoms with Crippen molar-refractivity contribution >= 4 is 23.2 Å². The number of benzene rings is 1. The van der Waals surface area contributed by atoms with Crippen molar-refractivity contribution in [2.75, 3.05) is 6.54 Å². The fraction of sp³-hybridized carbons (Fsp3) is 0.267. The first-order valence-electron chi connectivity index (χ1n) is 6.71. The molecule has 1 amide bonds. The van der Waals surface area contributed by atoms with E-state index in [1.165, 1.54) is 12.3 Å². The molecule has 0 aliphatic carbocycles. The Hall–Kier alpha value is -2.32. The molecule has 0 bridgehead atoms. The third-order valence-corrected chi connectivity index (χ3v) is 4.13. The van der Waals surface area contributed by atoms with Gasteiger partial charge in [-0.15, -0.1) is 11.3 Å². The Morgan fingerprint density at radius 3 is 2.74 bits per heavy atom. The second-order valence-corrected chi connectivity index (χ2v) is 6.26. The fourth-order valence-electron chi connectivity index (χ4n) is 1.72. The molecule has 8 heteroatoms. The van der Waals surface area contributed by atoms with Gasteiger partial charge in [0.25, 0.3) is 5.91 Å². The van der Waals surface area contributed by atoms with Gasteiger partial charge in [-0.1, -0.05) is 18.2 Å². The Labute approximate surface area is 135 Å². The van der Waals surface area contributed by atoms with Gasteiger partial charge >= 0.3 is 5.97 Å². The zero-order chi connectivity index (χ0) is 17.0. The van der Waals surface area contributed by atoms with Crippen molar-refractivity contribution in [3.05, 3.63) is 51.7 Å². The largest absolute Gasteiger partial charge is 0.479 e. The number of thiazole rings is 1. The lowest BCUT2D eigenvalue weighted by atomic mass is 10.1. The summed E-state index contributed by atoms with van der Waals surface area (Å²) >= 11 is 1.08. The average molecular weight is 338 g/mol. The van der Waals surface area contributed by atoms with E-state index < -0.39 is 24.0 Å². The van der Waals surface area contributed by atoms with E-state index in [9.17, 15) is 19.1 Å². The van der Waals surface area contributed by atoms with Gasteiger partial charge in [-0.25, -0.2) is 14.2 Å². The first-order chi connectivity index (χ1) is 10.8. The summed E-state index contributed by atoms with van der Waals surface area (Å²) < 4.78 is 13.6. The van der Waals surface area contributed by atoms with Crippen LogP contribution in [0.25, 0.3) is 0 Å². The molecule has 0 aliphatic rings. The lowest BCUT2D eigenvalue weighted by Gasteiger charge is -2.17. The summed E-state index contributed by atoms with van der Waals surface area (Å²) in [6.45, 7) is 0.660. The number of aliphatic carboxylic acids is 1. The number of hydrogen-bond acceptors (Lipinski definition) is 5. The molecule has 0 saturated carbocycles. The SMILES string of the molecule is CC(O)(CNC(=O)c1cnc(Cc2ccccc2F)s1)C(=O)O. The van der Waals surface area contributed by atoms with Gasteiger partial charge in [0.1, 0.15) is 10.7 Å². The molecule has 6 nitrogen and oxygen atoms in total. The van der Waals surface area contributed by atoms with Gasteiger partial charge in [0.05, 0.1) is 17.7 Å². The first kappa shape index (κ1) is 17.0. The molecule has 122 valence electrons. The van der Waals surface area contributed by atoms with Crippen molar-refractivity contribution in [3.8, 4) is 0 Å². The minimum Gasteiger partial charge on any atom is -0.479 e. The highest BCUT2D eigenvalue weighted by Crippen LogP contribution is 2.18. The second-order valence-electron chi connectivity index (χ2n) is 5.15. The van der Waals surface area contributed by atoms with E-state index in [4.69, 9.17) is 5.11 Å². The summed E-state index contributed by atoms with van der Waals surface area (Å²) in [6.07, 6.45) is 1.60. The summed E-state index contributed by atoms with van der Waals surface area (Å²) in [5.74, 6) is -2.31. The van der Waals surface area contributed by atoms with Gasteiger partial charge in [0.2, 0.25) is 0 Å². The van der Waals surface area contributed by atoms with Crippen LogP contribution in [0.3, 0.4) is 0 Å². The Balaban J connectivity index is 2.00. The Bertz CT molecular complexity index is 730. The van der Waals surface area contributed by atoms with Crippen LogP contribution in [0.4, 0.5) is 4.39 Å². The molecule has 0 saturated heterocycles. The second kappa shape index (κ2) is 6.84. The van der Waals surface area contributed by atoms with E-state index in [2.05, 4.69) is 10.3 Å². The van der Waals surface area contributed by atoms with Gasteiger partial charge in [0, 0.05) is 6.42 Å². The number of carboxylic acids is 1. The Morgan fingerprint density at radius 1 is 1.39 bits per heavy atom. The van der Waals surface area contributed by atoms with Crippen LogP contribution in [0.15, 0.2) is 30.5 Å². The van der Waals surface area contributed by atoms with Crippen molar-refractivity contribution in [2.24, 2.45) is 0 Å². The van der Waals surface area contributed by atoms with Crippen molar-refractivity contribution in [1.82, 2.24) is 10.3 Å². The van der Waals surface area contributed by atoms with Crippen LogP contribution >= 0.6 is 11.3 Å². The molecule has 0 radical (unpaired) electrons. The molecule has 3 N–H and O–H groups in total. The molecular formula is C15H15FN2O4S. The molecular weight excluding hydrogens is 323 g/mol. The maximum absolute atomic E-state index is 13.6. The van der Waals surface area contributed by atoms with Crippen LogP contribution in [-0.4, -0.2) is 39.2 Å². The van der Waals surface area contributed by atoms with E-state index in [1.807, 2.05) is 0 Å². The quantitative estimate of drug-likeness (QED) is 0.740. The van der Waals surface area contributed by atoms with Gasteiger partial charge in [-0.05, 0) is 18.6 Å². The summed E-state index contributed by atoms with van der Waals surface area (Å²) in [7, 11) is 0.